The van der Waals surface area contributed by atoms with E-state index in [9.17, 15) is 24.0 Å². The number of hydrogen-bond acceptors (Lipinski definition) is 7. The minimum Gasteiger partial charge on any atom is -0.462 e. The predicted octanol–water partition coefficient (Wildman–Crippen LogP) is 3.60. The fraction of sp³-hybridized carbons (Fsp3) is 0.406. The Bertz CT molecular complexity index is 1550. The second-order valence-corrected chi connectivity index (χ2v) is 11.0. The van der Waals surface area contributed by atoms with Crippen molar-refractivity contribution in [3.8, 4) is 0 Å². The van der Waals surface area contributed by atoms with Gasteiger partial charge in [-0.25, -0.2) is 4.79 Å². The number of allylic oxidation sites excluding steroid dienone is 1. The number of rotatable bonds is 14. The number of pyridine rings is 1. The molecule has 0 spiro atoms. The lowest BCUT2D eigenvalue weighted by Crippen LogP contribution is -2.45. The number of ether oxygens (including phenoxy) is 2. The SMILES string of the molecule is CC(=O)OCCOC(=O)NC(CCC=CC(=O)N(C)C)C(=O)Nc1cccn(Cc2cc3cccc(CC(C)C)c3[nH]2)c1=O. The van der Waals surface area contributed by atoms with Gasteiger partial charge in [0.2, 0.25) is 11.8 Å². The van der Waals surface area contributed by atoms with E-state index in [-0.39, 0.29) is 44.2 Å². The van der Waals surface area contributed by atoms with Gasteiger partial charge in [-0.2, -0.15) is 0 Å². The number of para-hydroxylation sites is 1. The van der Waals surface area contributed by atoms with Gasteiger partial charge in [0.25, 0.3) is 5.56 Å². The first kappa shape index (κ1) is 33.6. The number of esters is 1. The molecule has 2 aromatic heterocycles. The van der Waals surface area contributed by atoms with Gasteiger partial charge >= 0.3 is 12.1 Å². The molecule has 0 radical (unpaired) electrons. The summed E-state index contributed by atoms with van der Waals surface area (Å²) in [5, 5.41) is 6.18. The van der Waals surface area contributed by atoms with E-state index in [0.29, 0.717) is 5.92 Å². The molecular formula is C32H41N5O7. The minimum absolute atomic E-state index is 0.0439. The van der Waals surface area contributed by atoms with Crippen molar-refractivity contribution >= 4 is 40.5 Å². The van der Waals surface area contributed by atoms with E-state index >= 15 is 0 Å². The number of anilines is 1. The Morgan fingerprint density at radius 3 is 2.52 bits per heavy atom. The molecule has 236 valence electrons. The molecule has 1 aromatic carbocycles. The van der Waals surface area contributed by atoms with E-state index in [1.807, 2.05) is 18.2 Å². The number of benzene rings is 1. The molecule has 1 atom stereocenters. The number of aromatic amines is 1. The highest BCUT2D eigenvalue weighted by molar-refractivity contribution is 5.96. The molecule has 1 unspecified atom stereocenters. The zero-order valence-electron chi connectivity index (χ0n) is 25.8. The van der Waals surface area contributed by atoms with Crippen molar-refractivity contribution in [3.63, 3.8) is 0 Å². The minimum atomic E-state index is -1.09. The summed E-state index contributed by atoms with van der Waals surface area (Å²) in [6.45, 7) is 5.50. The van der Waals surface area contributed by atoms with Gasteiger partial charge in [0, 0.05) is 38.4 Å². The number of H-pyrrole nitrogens is 1. The Hall–Kier alpha value is -4.87. The largest absolute Gasteiger partial charge is 0.462 e. The topological polar surface area (TPSA) is 152 Å². The Morgan fingerprint density at radius 2 is 1.82 bits per heavy atom. The van der Waals surface area contributed by atoms with Crippen LogP contribution in [-0.2, 0) is 36.8 Å². The third-order valence-corrected chi connectivity index (χ3v) is 6.60. The lowest BCUT2D eigenvalue weighted by Gasteiger charge is -2.18. The van der Waals surface area contributed by atoms with Gasteiger partial charge in [0.15, 0.2) is 0 Å². The Balaban J connectivity index is 1.73. The average Bonchev–Trinajstić information content (AvgIpc) is 3.38. The van der Waals surface area contributed by atoms with E-state index in [0.717, 1.165) is 23.0 Å². The smallest absolute Gasteiger partial charge is 0.407 e. The van der Waals surface area contributed by atoms with Gasteiger partial charge in [-0.1, -0.05) is 38.1 Å². The van der Waals surface area contributed by atoms with E-state index in [1.165, 1.54) is 34.1 Å². The quantitative estimate of drug-likeness (QED) is 0.144. The van der Waals surface area contributed by atoms with Gasteiger partial charge in [0.05, 0.1) is 6.54 Å². The molecule has 3 aromatic rings. The highest BCUT2D eigenvalue weighted by Gasteiger charge is 2.22. The number of carbonyl (C=O) groups is 4. The van der Waals surface area contributed by atoms with Crippen molar-refractivity contribution < 1.29 is 28.7 Å². The van der Waals surface area contributed by atoms with Crippen LogP contribution in [-0.4, -0.2) is 71.7 Å². The molecule has 0 bridgehead atoms. The van der Waals surface area contributed by atoms with Gasteiger partial charge in [-0.15, -0.1) is 0 Å². The summed E-state index contributed by atoms with van der Waals surface area (Å²) in [7, 11) is 3.23. The van der Waals surface area contributed by atoms with Crippen LogP contribution in [0.1, 0.15) is 44.9 Å². The maximum atomic E-state index is 13.3. The van der Waals surface area contributed by atoms with Crippen molar-refractivity contribution in [2.24, 2.45) is 5.92 Å². The summed E-state index contributed by atoms with van der Waals surface area (Å²) in [4.78, 5) is 66.6. The molecule has 0 fully saturated rings. The number of amides is 3. The van der Waals surface area contributed by atoms with Gasteiger partial charge < -0.3 is 34.6 Å². The van der Waals surface area contributed by atoms with Crippen molar-refractivity contribution in [1.82, 2.24) is 19.8 Å². The summed E-state index contributed by atoms with van der Waals surface area (Å²) in [5.74, 6) is -0.875. The number of likely N-dealkylation sites (N-methyl/N-ethyl adjacent to an activating group) is 1. The van der Waals surface area contributed by atoms with Crippen molar-refractivity contribution in [3.05, 3.63) is 76.4 Å². The molecule has 12 nitrogen and oxygen atoms in total. The van der Waals surface area contributed by atoms with Crippen LogP contribution in [0.15, 0.2) is 59.5 Å². The number of alkyl carbamates (subject to hydrolysis) is 1. The molecule has 2 heterocycles. The fourth-order valence-electron chi connectivity index (χ4n) is 4.50. The second kappa shape index (κ2) is 16.1. The molecule has 0 saturated carbocycles. The average molecular weight is 608 g/mol. The summed E-state index contributed by atoms with van der Waals surface area (Å²) < 4.78 is 11.2. The first-order chi connectivity index (χ1) is 20.9. The molecule has 0 aliphatic carbocycles. The van der Waals surface area contributed by atoms with E-state index in [4.69, 9.17) is 9.47 Å². The fourth-order valence-corrected chi connectivity index (χ4v) is 4.50. The lowest BCUT2D eigenvalue weighted by molar-refractivity contribution is -0.142. The Morgan fingerprint density at radius 1 is 1.07 bits per heavy atom. The molecule has 44 heavy (non-hydrogen) atoms. The number of aromatic nitrogens is 2. The van der Waals surface area contributed by atoms with Gasteiger partial charge in [0.1, 0.15) is 24.9 Å². The molecule has 0 saturated heterocycles. The number of hydrogen-bond donors (Lipinski definition) is 3. The molecule has 3 amide bonds. The first-order valence-electron chi connectivity index (χ1n) is 14.5. The summed E-state index contributed by atoms with van der Waals surface area (Å²) in [6, 6.07) is 10.2. The van der Waals surface area contributed by atoms with Crippen LogP contribution < -0.4 is 16.2 Å². The van der Waals surface area contributed by atoms with Crippen LogP contribution in [0.25, 0.3) is 10.9 Å². The zero-order valence-corrected chi connectivity index (χ0v) is 25.8. The molecule has 3 N–H and O–H groups in total. The molecule has 12 heteroatoms. The molecular weight excluding hydrogens is 566 g/mol. The van der Waals surface area contributed by atoms with Gasteiger partial charge in [-0.3, -0.25) is 19.2 Å². The summed E-state index contributed by atoms with van der Waals surface area (Å²) >= 11 is 0. The monoisotopic (exact) mass is 607 g/mol. The first-order valence-corrected chi connectivity index (χ1v) is 14.5. The molecule has 3 rings (SSSR count). The van der Waals surface area contributed by atoms with E-state index in [2.05, 4.69) is 35.5 Å². The van der Waals surface area contributed by atoms with Crippen molar-refractivity contribution in [2.45, 2.75) is 52.6 Å². The second-order valence-electron chi connectivity index (χ2n) is 11.0. The normalized spacial score (nSPS) is 11.9. The van der Waals surface area contributed by atoms with Crippen molar-refractivity contribution in [1.29, 1.82) is 0 Å². The van der Waals surface area contributed by atoms with Crippen molar-refractivity contribution in [2.75, 3.05) is 32.6 Å². The lowest BCUT2D eigenvalue weighted by atomic mass is 10.0. The van der Waals surface area contributed by atoms with Crippen LogP contribution in [0.3, 0.4) is 0 Å². The third kappa shape index (κ3) is 10.1. The number of fused-ring (bicyclic) bond motifs is 1. The third-order valence-electron chi connectivity index (χ3n) is 6.60. The highest BCUT2D eigenvalue weighted by atomic mass is 16.6. The molecule has 0 aliphatic rings. The predicted molar refractivity (Wildman–Crippen MR) is 167 cm³/mol. The van der Waals surface area contributed by atoms with E-state index in [1.54, 1.807) is 32.4 Å². The molecule has 0 aliphatic heterocycles. The number of nitrogens with zero attached hydrogens (tertiary/aromatic N) is 2. The van der Waals surface area contributed by atoms with Crippen LogP contribution in [0.2, 0.25) is 0 Å². The number of carbonyl (C=O) groups excluding carboxylic acids is 4. The van der Waals surface area contributed by atoms with E-state index < -0.39 is 29.6 Å². The Kier molecular flexibility index (Phi) is 12.3. The number of nitrogens with one attached hydrogen (secondary N) is 3. The summed E-state index contributed by atoms with van der Waals surface area (Å²) in [6.07, 6.45) is 5.04. The maximum Gasteiger partial charge on any atom is 0.407 e. The zero-order chi connectivity index (χ0) is 32.2. The summed E-state index contributed by atoms with van der Waals surface area (Å²) in [5.41, 5.74) is 2.73. The van der Waals surface area contributed by atoms with Crippen LogP contribution >= 0.6 is 0 Å². The Labute approximate surface area is 256 Å². The van der Waals surface area contributed by atoms with Crippen LogP contribution in [0.5, 0.6) is 0 Å². The van der Waals surface area contributed by atoms with Gasteiger partial charge in [-0.05, 0) is 60.4 Å². The van der Waals surface area contributed by atoms with Crippen LogP contribution in [0.4, 0.5) is 10.5 Å². The van der Waals surface area contributed by atoms with Crippen LogP contribution in [0, 0.1) is 5.92 Å². The highest BCUT2D eigenvalue weighted by Crippen LogP contribution is 2.22. The maximum absolute atomic E-state index is 13.3. The standard InChI is InChI=1S/C32H41N5O7/c1-21(2)18-23-10-8-11-24-19-25(33-29(23)24)20-37-15-9-13-27(31(37)41)34-30(40)26(12-6-7-14-28(39)36(4)5)35-32(42)44-17-16-43-22(3)38/h7-11,13-15,19,21,26,33H,6,12,16-18,20H2,1-5H3,(H,34,40)(H,35,42).